The van der Waals surface area contributed by atoms with Crippen molar-refractivity contribution in [2.75, 3.05) is 10.3 Å². The Labute approximate surface area is 116 Å². The Bertz CT molecular complexity index is 626. The van der Waals surface area contributed by atoms with Crippen molar-refractivity contribution in [1.82, 2.24) is 9.97 Å². The molecule has 1 aromatic heterocycles. The molecule has 0 bridgehead atoms. The summed E-state index contributed by atoms with van der Waals surface area (Å²) in [4.78, 5) is 22.3. The molecule has 0 saturated carbocycles. The second-order valence-corrected chi connectivity index (χ2v) is 4.65. The zero-order valence-electron chi connectivity index (χ0n) is 10.9. The van der Waals surface area contributed by atoms with E-state index in [1.165, 1.54) is 5.56 Å². The molecule has 0 spiro atoms. The average Bonchev–Trinajstić information content (AvgIpc) is 2.51. The number of carbonyl (C=O) groups excluding carboxylic acids is 1. The van der Waals surface area contributed by atoms with Gasteiger partial charge in [-0.3, -0.25) is 9.78 Å². The molecule has 6 nitrogen and oxygen atoms in total. The Balaban J connectivity index is 1.87. The standard InChI is InChI=1S/C14H15N5O/c15-18-13-8-16-11(7-17-13)9-19-12-4-2-1-3-10(12)5-6-14(19)20/h1-4,7-8H,5-6,9,15H2,(H,17,18). The number of hydrazine groups is 1. The number of nitrogens with two attached hydrogens (primary N) is 1. The number of hydrogen-bond donors (Lipinski definition) is 2. The molecule has 102 valence electrons. The zero-order chi connectivity index (χ0) is 13.9. The summed E-state index contributed by atoms with van der Waals surface area (Å²) in [6.45, 7) is 0.424. The predicted octanol–water partition coefficient (Wildman–Crippen LogP) is 1.24. The third-order valence-electron chi connectivity index (χ3n) is 3.36. The van der Waals surface area contributed by atoms with Crippen molar-refractivity contribution in [2.24, 2.45) is 5.84 Å². The molecule has 1 aliphatic heterocycles. The van der Waals surface area contributed by atoms with Crippen molar-refractivity contribution in [3.63, 3.8) is 0 Å². The lowest BCUT2D eigenvalue weighted by molar-refractivity contribution is -0.119. The van der Waals surface area contributed by atoms with E-state index in [9.17, 15) is 4.79 Å². The van der Waals surface area contributed by atoms with Gasteiger partial charge in [0.05, 0.1) is 24.6 Å². The fourth-order valence-corrected chi connectivity index (χ4v) is 2.34. The van der Waals surface area contributed by atoms with Crippen LogP contribution in [0.4, 0.5) is 11.5 Å². The van der Waals surface area contributed by atoms with Crippen LogP contribution in [0.5, 0.6) is 0 Å². The van der Waals surface area contributed by atoms with Crippen molar-refractivity contribution >= 4 is 17.4 Å². The van der Waals surface area contributed by atoms with Gasteiger partial charge in [0.25, 0.3) is 0 Å². The number of hydrogen-bond acceptors (Lipinski definition) is 5. The first-order chi connectivity index (χ1) is 9.78. The Kier molecular flexibility index (Phi) is 3.30. The molecule has 0 unspecified atom stereocenters. The van der Waals surface area contributed by atoms with Crippen LogP contribution in [-0.4, -0.2) is 15.9 Å². The summed E-state index contributed by atoms with van der Waals surface area (Å²) in [5.41, 5.74) is 5.32. The molecular formula is C14H15N5O. The summed E-state index contributed by atoms with van der Waals surface area (Å²) in [5, 5.41) is 0. The molecule has 20 heavy (non-hydrogen) atoms. The summed E-state index contributed by atoms with van der Waals surface area (Å²) in [6, 6.07) is 7.96. The summed E-state index contributed by atoms with van der Waals surface area (Å²) >= 11 is 0. The lowest BCUT2D eigenvalue weighted by Gasteiger charge is -2.29. The first kappa shape index (κ1) is 12.6. The van der Waals surface area contributed by atoms with Gasteiger partial charge in [0, 0.05) is 12.1 Å². The molecule has 3 N–H and O–H groups in total. The molecule has 0 atom stereocenters. The average molecular weight is 269 g/mol. The third-order valence-corrected chi connectivity index (χ3v) is 3.36. The van der Waals surface area contributed by atoms with Crippen molar-refractivity contribution in [3.05, 3.63) is 47.9 Å². The second kappa shape index (κ2) is 5.26. The zero-order valence-corrected chi connectivity index (χ0v) is 10.9. The van der Waals surface area contributed by atoms with Gasteiger partial charge in [0.2, 0.25) is 5.91 Å². The number of benzene rings is 1. The highest BCUT2D eigenvalue weighted by Crippen LogP contribution is 2.28. The SMILES string of the molecule is NNc1cnc(CN2C(=O)CCc3ccccc32)cn1. The fraction of sp³-hybridized carbons (Fsp3) is 0.214. The number of amides is 1. The number of carbonyl (C=O) groups is 1. The molecule has 2 heterocycles. The molecule has 0 saturated heterocycles. The minimum atomic E-state index is 0.117. The number of aromatic nitrogens is 2. The third kappa shape index (κ3) is 2.33. The molecule has 0 fully saturated rings. The molecule has 1 amide bonds. The summed E-state index contributed by atoms with van der Waals surface area (Å²) in [5.74, 6) is 5.87. The molecule has 1 aromatic carbocycles. The van der Waals surface area contributed by atoms with Gasteiger partial charge in [-0.2, -0.15) is 0 Å². The van der Waals surface area contributed by atoms with Crippen molar-refractivity contribution in [2.45, 2.75) is 19.4 Å². The minimum absolute atomic E-state index is 0.117. The number of aryl methyl sites for hydroxylation is 1. The minimum Gasteiger partial charge on any atom is -0.307 e. The van der Waals surface area contributed by atoms with Gasteiger partial charge >= 0.3 is 0 Å². The first-order valence-corrected chi connectivity index (χ1v) is 6.44. The number of fused-ring (bicyclic) bond motifs is 1. The molecule has 6 heteroatoms. The Hall–Kier alpha value is -2.47. The highest BCUT2D eigenvalue weighted by molar-refractivity contribution is 5.96. The number of rotatable bonds is 3. The lowest BCUT2D eigenvalue weighted by Crippen LogP contribution is -2.34. The molecule has 1 aliphatic rings. The topological polar surface area (TPSA) is 84.1 Å². The largest absolute Gasteiger partial charge is 0.307 e. The maximum Gasteiger partial charge on any atom is 0.227 e. The summed E-state index contributed by atoms with van der Waals surface area (Å²) < 4.78 is 0. The number of nitrogens with zero attached hydrogens (tertiary/aromatic N) is 3. The van der Waals surface area contributed by atoms with E-state index < -0.39 is 0 Å². The van der Waals surface area contributed by atoms with Crippen LogP contribution in [0.2, 0.25) is 0 Å². The highest BCUT2D eigenvalue weighted by atomic mass is 16.2. The van der Waals surface area contributed by atoms with Crippen LogP contribution in [0.15, 0.2) is 36.7 Å². The summed E-state index contributed by atoms with van der Waals surface area (Å²) in [6.07, 6.45) is 4.51. The van der Waals surface area contributed by atoms with Crippen molar-refractivity contribution < 1.29 is 4.79 Å². The van der Waals surface area contributed by atoms with E-state index in [4.69, 9.17) is 5.84 Å². The van der Waals surface area contributed by atoms with Gasteiger partial charge in [-0.1, -0.05) is 18.2 Å². The van der Waals surface area contributed by atoms with Crippen molar-refractivity contribution in [1.29, 1.82) is 0 Å². The lowest BCUT2D eigenvalue weighted by atomic mass is 10.0. The summed E-state index contributed by atoms with van der Waals surface area (Å²) in [7, 11) is 0. The number of para-hydroxylation sites is 1. The van der Waals surface area contributed by atoms with Crippen LogP contribution in [0, 0.1) is 0 Å². The van der Waals surface area contributed by atoms with E-state index >= 15 is 0 Å². The van der Waals surface area contributed by atoms with Crippen LogP contribution >= 0.6 is 0 Å². The Morgan fingerprint density at radius 1 is 1.20 bits per heavy atom. The van der Waals surface area contributed by atoms with E-state index in [2.05, 4.69) is 21.5 Å². The van der Waals surface area contributed by atoms with Crippen LogP contribution in [-0.2, 0) is 17.8 Å². The van der Waals surface area contributed by atoms with E-state index in [1.54, 1.807) is 17.3 Å². The molecular weight excluding hydrogens is 254 g/mol. The van der Waals surface area contributed by atoms with Gasteiger partial charge in [-0.15, -0.1) is 0 Å². The Morgan fingerprint density at radius 2 is 2.05 bits per heavy atom. The second-order valence-electron chi connectivity index (χ2n) is 4.65. The van der Waals surface area contributed by atoms with Gasteiger partial charge in [0.15, 0.2) is 5.82 Å². The fourth-order valence-electron chi connectivity index (χ4n) is 2.34. The quantitative estimate of drug-likeness (QED) is 0.647. The van der Waals surface area contributed by atoms with Gasteiger partial charge in [-0.25, -0.2) is 10.8 Å². The van der Waals surface area contributed by atoms with Gasteiger partial charge in [-0.05, 0) is 18.1 Å². The van der Waals surface area contributed by atoms with E-state index in [0.29, 0.717) is 18.8 Å². The normalized spacial score (nSPS) is 14.1. The van der Waals surface area contributed by atoms with Crippen LogP contribution in [0.25, 0.3) is 0 Å². The van der Waals surface area contributed by atoms with E-state index in [0.717, 1.165) is 17.8 Å². The van der Waals surface area contributed by atoms with Gasteiger partial charge < -0.3 is 10.3 Å². The maximum absolute atomic E-state index is 12.1. The molecule has 2 aromatic rings. The first-order valence-electron chi connectivity index (χ1n) is 6.44. The molecule has 0 aliphatic carbocycles. The monoisotopic (exact) mass is 269 g/mol. The smallest absolute Gasteiger partial charge is 0.227 e. The van der Waals surface area contributed by atoms with Crippen LogP contribution in [0.3, 0.4) is 0 Å². The highest BCUT2D eigenvalue weighted by Gasteiger charge is 2.24. The number of nitrogens with one attached hydrogen (secondary N) is 1. The maximum atomic E-state index is 12.1. The predicted molar refractivity (Wildman–Crippen MR) is 75.8 cm³/mol. The van der Waals surface area contributed by atoms with Crippen LogP contribution in [0.1, 0.15) is 17.7 Å². The Morgan fingerprint density at radius 3 is 2.80 bits per heavy atom. The van der Waals surface area contributed by atoms with Crippen molar-refractivity contribution in [3.8, 4) is 0 Å². The number of nitrogen functional groups attached to an aromatic ring is 1. The molecule has 3 rings (SSSR count). The van der Waals surface area contributed by atoms with E-state index in [1.807, 2.05) is 18.2 Å². The molecule has 0 radical (unpaired) electrons. The van der Waals surface area contributed by atoms with Gasteiger partial charge in [0.1, 0.15) is 0 Å². The van der Waals surface area contributed by atoms with E-state index in [-0.39, 0.29) is 5.91 Å². The number of anilines is 2. The van der Waals surface area contributed by atoms with Crippen LogP contribution < -0.4 is 16.2 Å².